The van der Waals surface area contributed by atoms with Gasteiger partial charge >= 0.3 is 0 Å². The fourth-order valence-electron chi connectivity index (χ4n) is 6.64. The summed E-state index contributed by atoms with van der Waals surface area (Å²) in [6, 6.07) is -3.99. The predicted molar refractivity (Wildman–Crippen MR) is 144 cm³/mol. The van der Waals surface area contributed by atoms with Crippen LogP contribution < -0.4 is 38.9 Å². The first-order valence-electron chi connectivity index (χ1n) is 14.7. The summed E-state index contributed by atoms with van der Waals surface area (Å²) in [6.45, 7) is 0.864. The van der Waals surface area contributed by atoms with Crippen LogP contribution in [0.1, 0.15) is 19.3 Å². The van der Waals surface area contributed by atoms with Crippen molar-refractivity contribution in [2.45, 2.75) is 116 Å². The molecule has 3 heterocycles. The molecule has 0 radical (unpaired) electrons. The Morgan fingerprint density at radius 2 is 1.69 bits per heavy atom. The second-order valence-electron chi connectivity index (χ2n) is 12.5. The molecule has 42 heavy (non-hydrogen) atoms. The zero-order chi connectivity index (χ0) is 30.5. The van der Waals surface area contributed by atoms with E-state index < -0.39 is 109 Å². The van der Waals surface area contributed by atoms with E-state index in [-0.39, 0.29) is 25.4 Å². The molecule has 17 nitrogen and oxygen atoms in total. The average Bonchev–Trinajstić information content (AvgIpc) is 3.56. The Morgan fingerprint density at radius 3 is 2.26 bits per heavy atom. The SMILES string of the molecule is NC[C@H]1O[C@H](C2[C@@H](N)C[C@@H](NC(=O)C3(O)CC3N)[C@H](O[C@H]3O[C@H](CO)[C@@H](O)[C@H](N)[C@H]3O)[C@H]2O)[C@H](NC2CNC2)C[C@@H]1O. The highest BCUT2D eigenvalue weighted by Gasteiger charge is 2.59. The number of aliphatic hydroxyl groups excluding tert-OH is 5. The molecule has 0 spiro atoms. The van der Waals surface area contributed by atoms with Gasteiger partial charge in [0.05, 0.1) is 43.1 Å². The molecule has 242 valence electrons. The first-order chi connectivity index (χ1) is 19.9. The molecule has 3 saturated heterocycles. The summed E-state index contributed by atoms with van der Waals surface area (Å²) < 4.78 is 18.0. The van der Waals surface area contributed by atoms with Crippen LogP contribution in [0, 0.1) is 5.92 Å². The molecule has 1 amide bonds. The van der Waals surface area contributed by atoms with Gasteiger partial charge in [-0.3, -0.25) is 4.79 Å². The van der Waals surface area contributed by atoms with Crippen molar-refractivity contribution >= 4 is 5.91 Å². The van der Waals surface area contributed by atoms with E-state index in [1.54, 1.807) is 0 Å². The number of carbonyl (C=O) groups excluding carboxylic acids is 1. The number of rotatable bonds is 9. The minimum atomic E-state index is -1.77. The molecule has 5 aliphatic rings. The Balaban J connectivity index is 1.42. The summed E-state index contributed by atoms with van der Waals surface area (Å²) in [5.74, 6) is -1.55. The average molecular weight is 606 g/mol. The Labute approximate surface area is 243 Å². The van der Waals surface area contributed by atoms with Gasteiger partial charge in [-0.15, -0.1) is 0 Å². The van der Waals surface area contributed by atoms with Gasteiger partial charge in [0.15, 0.2) is 11.9 Å². The topological polar surface area (TPSA) is 306 Å². The van der Waals surface area contributed by atoms with E-state index in [0.29, 0.717) is 6.42 Å². The Bertz CT molecular complexity index is 951. The summed E-state index contributed by atoms with van der Waals surface area (Å²) in [6.07, 6.45) is -10.1. The third-order valence-corrected chi connectivity index (χ3v) is 9.57. The quantitative estimate of drug-likeness (QED) is 0.116. The zero-order valence-electron chi connectivity index (χ0n) is 23.3. The zero-order valence-corrected chi connectivity index (χ0v) is 23.3. The minimum absolute atomic E-state index is 0.0374. The van der Waals surface area contributed by atoms with E-state index in [4.69, 9.17) is 37.1 Å². The Kier molecular flexibility index (Phi) is 9.76. The van der Waals surface area contributed by atoms with Gasteiger partial charge in [-0.25, -0.2) is 0 Å². The van der Waals surface area contributed by atoms with E-state index in [1.807, 2.05) is 0 Å². The van der Waals surface area contributed by atoms with Gasteiger partial charge in [0.1, 0.15) is 24.4 Å². The third kappa shape index (κ3) is 6.07. The Morgan fingerprint density at radius 1 is 1.00 bits per heavy atom. The number of nitrogens with two attached hydrogens (primary N) is 4. The van der Waals surface area contributed by atoms with Gasteiger partial charge in [0.25, 0.3) is 5.91 Å². The van der Waals surface area contributed by atoms with Crippen LogP contribution in [0.2, 0.25) is 0 Å². The number of aliphatic hydroxyl groups is 6. The lowest BCUT2D eigenvalue weighted by molar-refractivity contribution is -0.307. The molecule has 2 saturated carbocycles. The fourth-order valence-corrected chi connectivity index (χ4v) is 6.64. The van der Waals surface area contributed by atoms with Crippen LogP contribution in [0.4, 0.5) is 0 Å². The smallest absolute Gasteiger partial charge is 0.253 e. The lowest BCUT2D eigenvalue weighted by atomic mass is 9.71. The molecule has 0 aromatic rings. The van der Waals surface area contributed by atoms with Crippen molar-refractivity contribution in [3.05, 3.63) is 0 Å². The maximum atomic E-state index is 13.0. The van der Waals surface area contributed by atoms with Crippen LogP contribution in [0.3, 0.4) is 0 Å². The monoisotopic (exact) mass is 605 g/mol. The summed E-state index contributed by atoms with van der Waals surface area (Å²) >= 11 is 0. The van der Waals surface area contributed by atoms with Crippen molar-refractivity contribution in [2.24, 2.45) is 28.9 Å². The van der Waals surface area contributed by atoms with E-state index >= 15 is 0 Å². The molecule has 5 fully saturated rings. The van der Waals surface area contributed by atoms with E-state index in [2.05, 4.69) is 16.0 Å². The lowest BCUT2D eigenvalue weighted by Gasteiger charge is -2.52. The maximum absolute atomic E-state index is 13.0. The van der Waals surface area contributed by atoms with Crippen LogP contribution in [0.25, 0.3) is 0 Å². The molecule has 3 aliphatic heterocycles. The molecule has 16 atom stereocenters. The van der Waals surface area contributed by atoms with Crippen LogP contribution in [0.15, 0.2) is 0 Å². The van der Waals surface area contributed by atoms with Gasteiger partial charge in [-0.05, 0) is 12.8 Å². The molecular weight excluding hydrogens is 558 g/mol. The maximum Gasteiger partial charge on any atom is 0.253 e. The molecular formula is C25H47N7O10. The van der Waals surface area contributed by atoms with Crippen molar-refractivity contribution < 1.29 is 49.6 Å². The van der Waals surface area contributed by atoms with Crippen LogP contribution >= 0.6 is 0 Å². The van der Waals surface area contributed by atoms with Crippen molar-refractivity contribution in [2.75, 3.05) is 26.2 Å². The second kappa shape index (κ2) is 12.7. The highest BCUT2D eigenvalue weighted by molar-refractivity contribution is 5.89. The predicted octanol–water partition coefficient (Wildman–Crippen LogP) is -7.80. The Hall–Kier alpha value is -1.13. The lowest BCUT2D eigenvalue weighted by Crippen LogP contribution is -2.71. The number of hydrogen-bond acceptors (Lipinski definition) is 16. The summed E-state index contributed by atoms with van der Waals surface area (Å²) in [4.78, 5) is 13.0. The number of carbonyl (C=O) groups is 1. The van der Waals surface area contributed by atoms with Gasteiger partial charge in [-0.1, -0.05) is 0 Å². The molecule has 17 heteroatoms. The van der Waals surface area contributed by atoms with Gasteiger partial charge < -0.3 is 83.7 Å². The normalized spacial score (nSPS) is 51.5. The summed E-state index contributed by atoms with van der Waals surface area (Å²) in [5.41, 5.74) is 22.5. The number of amides is 1. The van der Waals surface area contributed by atoms with Gasteiger partial charge in [-0.2, -0.15) is 0 Å². The molecule has 17 N–H and O–H groups in total. The number of hydrogen-bond donors (Lipinski definition) is 13. The van der Waals surface area contributed by atoms with E-state index in [0.717, 1.165) is 13.1 Å². The minimum Gasteiger partial charge on any atom is -0.394 e. The molecule has 0 bridgehead atoms. The molecule has 0 aromatic heterocycles. The molecule has 5 rings (SSSR count). The van der Waals surface area contributed by atoms with Gasteiger partial charge in [0, 0.05) is 56.1 Å². The first-order valence-corrected chi connectivity index (χ1v) is 14.7. The van der Waals surface area contributed by atoms with Crippen LogP contribution in [-0.2, 0) is 19.0 Å². The van der Waals surface area contributed by atoms with E-state index in [1.165, 1.54) is 0 Å². The largest absolute Gasteiger partial charge is 0.394 e. The van der Waals surface area contributed by atoms with Gasteiger partial charge in [0.2, 0.25) is 0 Å². The van der Waals surface area contributed by atoms with Crippen molar-refractivity contribution in [1.82, 2.24) is 16.0 Å². The fraction of sp³-hybridized carbons (Fsp3) is 0.960. The highest BCUT2D eigenvalue weighted by atomic mass is 16.7. The molecule has 3 unspecified atom stereocenters. The summed E-state index contributed by atoms with van der Waals surface area (Å²) in [7, 11) is 0. The third-order valence-electron chi connectivity index (χ3n) is 9.57. The second-order valence-corrected chi connectivity index (χ2v) is 12.5. The van der Waals surface area contributed by atoms with E-state index in [9.17, 15) is 35.4 Å². The standard InChI is InChI=1S/C25H47N7O10/c26-4-13-12(34)2-11(31-8-5-30-6-8)21(40-13)16-9(27)1-10(32-24(38)25(39)3-15(25)28)22(19(16)36)42-23-20(37)17(29)18(35)14(7-33)41-23/h8-23,30-31,33-37,39H,1-7,26-29H2,(H,32,38)/t9-,10+,11+,12-,13+,14+,15?,16?,17-,18+,19-,20+,21-,22-,23+,25?/m0/s1. The van der Waals surface area contributed by atoms with Crippen molar-refractivity contribution in [3.63, 3.8) is 0 Å². The number of nitrogens with one attached hydrogen (secondary N) is 3. The van der Waals surface area contributed by atoms with Crippen LogP contribution in [-0.4, -0.2) is 160 Å². The number of ether oxygens (including phenoxy) is 3. The summed E-state index contributed by atoms with van der Waals surface area (Å²) in [5, 5.41) is 73.1. The molecule has 2 aliphatic carbocycles. The van der Waals surface area contributed by atoms with Crippen molar-refractivity contribution in [3.8, 4) is 0 Å². The molecule has 0 aromatic carbocycles. The van der Waals surface area contributed by atoms with Crippen LogP contribution in [0.5, 0.6) is 0 Å². The first kappa shape index (κ1) is 32.3. The highest BCUT2D eigenvalue weighted by Crippen LogP contribution is 2.39. The van der Waals surface area contributed by atoms with Crippen molar-refractivity contribution in [1.29, 1.82) is 0 Å².